The van der Waals surface area contributed by atoms with Gasteiger partial charge < -0.3 is 4.43 Å². The van der Waals surface area contributed by atoms with Gasteiger partial charge in [0.25, 0.3) is 0 Å². The smallest absolute Gasteiger partial charge is 0.146 e. The molecule has 0 amide bonds. The van der Waals surface area contributed by atoms with E-state index in [1.807, 2.05) is 6.92 Å². The molecule has 0 aromatic rings. The summed E-state index contributed by atoms with van der Waals surface area (Å²) in [4.78, 5) is 0. The highest BCUT2D eigenvalue weighted by Crippen LogP contribution is 2.11. The second-order valence-electron chi connectivity index (χ2n) is 1.28. The molecule has 1 nitrogen and oxygen atoms in total. The van der Waals surface area contributed by atoms with E-state index in [1.54, 1.807) is 0 Å². The first-order valence-electron chi connectivity index (χ1n) is 1.99. The van der Waals surface area contributed by atoms with Crippen LogP contribution in [0.25, 0.3) is 0 Å². The summed E-state index contributed by atoms with van der Waals surface area (Å²) in [5.74, 6) is 0. The van der Waals surface area contributed by atoms with Crippen molar-refractivity contribution < 1.29 is 4.43 Å². The van der Waals surface area contributed by atoms with Gasteiger partial charge in [0.2, 0.25) is 0 Å². The molecule has 0 aromatic heterocycles. The van der Waals surface area contributed by atoms with Crippen LogP contribution < -0.4 is 0 Å². The van der Waals surface area contributed by atoms with Crippen LogP contribution in [0.1, 0.15) is 6.92 Å². The van der Waals surface area contributed by atoms with Crippen molar-refractivity contribution in [2.24, 2.45) is 0 Å². The average molecular weight is 204 g/mol. The van der Waals surface area contributed by atoms with Gasteiger partial charge in [-0.2, -0.15) is 0 Å². The van der Waals surface area contributed by atoms with E-state index in [4.69, 9.17) is 16.0 Å². The molecule has 0 radical (unpaired) electrons. The van der Waals surface area contributed by atoms with Crippen LogP contribution in [-0.2, 0) is 4.43 Å². The van der Waals surface area contributed by atoms with Crippen LogP contribution in [0.5, 0.6) is 0 Å². The molecule has 44 valence electrons. The number of hydrogen-bond donors (Lipinski definition) is 0. The summed E-state index contributed by atoms with van der Waals surface area (Å²) in [7, 11) is 0.756. The highest BCUT2D eigenvalue weighted by molar-refractivity contribution is 9.10. The maximum absolute atomic E-state index is 5.54. The van der Waals surface area contributed by atoms with Crippen LogP contribution in [0.2, 0.25) is 0 Å². The summed E-state index contributed by atoms with van der Waals surface area (Å²) in [6.45, 7) is 1.93. The lowest BCUT2D eigenvalue weighted by Gasteiger charge is -2.08. The van der Waals surface area contributed by atoms with E-state index < -0.39 is 0 Å². The van der Waals surface area contributed by atoms with E-state index >= 15 is 0 Å². The van der Waals surface area contributed by atoms with Gasteiger partial charge in [-0.3, -0.25) is 0 Å². The molecule has 0 fully saturated rings. The Hall–Kier alpha value is 0.947. The van der Waals surface area contributed by atoms with E-state index in [-0.39, 0.29) is 10.4 Å². The maximum Gasteiger partial charge on any atom is 0.146 e. The van der Waals surface area contributed by atoms with Gasteiger partial charge in [-0.1, -0.05) is 15.9 Å². The van der Waals surface area contributed by atoms with E-state index in [1.165, 1.54) is 0 Å². The van der Waals surface area contributed by atoms with Gasteiger partial charge in [-0.25, -0.2) is 0 Å². The predicted molar refractivity (Wildman–Crippen MR) is 39.1 cm³/mol. The predicted octanol–water partition coefficient (Wildman–Crippen LogP) is 0.632. The number of alkyl halides is 2. The Bertz CT molecular complexity index is 52.2. The number of halogens is 2. The van der Waals surface area contributed by atoms with Crippen LogP contribution in [0.15, 0.2) is 0 Å². The minimum atomic E-state index is -0.0370. The molecule has 0 aromatic carbocycles. The van der Waals surface area contributed by atoms with Gasteiger partial charge in [-0.15, -0.1) is 11.6 Å². The third-order valence-electron chi connectivity index (χ3n) is 0.727. The topological polar surface area (TPSA) is 9.23 Å². The average Bonchev–Trinajstić information content (AvgIpc) is 1.65. The largest absolute Gasteiger partial charge is 0.423 e. The molecular weight excluding hydrogens is 195 g/mol. The first-order valence-corrected chi connectivity index (χ1v) is 4.16. The molecule has 7 heavy (non-hydrogen) atoms. The first kappa shape index (κ1) is 7.95. The van der Waals surface area contributed by atoms with Gasteiger partial charge in [0.05, 0.1) is 6.10 Å². The van der Waals surface area contributed by atoms with Crippen LogP contribution in [0, 0.1) is 0 Å². The van der Waals surface area contributed by atoms with Crippen molar-refractivity contribution in [2.75, 3.05) is 0 Å². The Kier molecular flexibility index (Phi) is 4.42. The maximum atomic E-state index is 5.54. The van der Waals surface area contributed by atoms with Crippen molar-refractivity contribution in [3.05, 3.63) is 0 Å². The Morgan fingerprint density at radius 3 is 2.29 bits per heavy atom. The van der Waals surface area contributed by atoms with Gasteiger partial charge in [0.1, 0.15) is 14.8 Å². The summed E-state index contributed by atoms with van der Waals surface area (Å²) in [5.41, 5.74) is 0. The summed E-state index contributed by atoms with van der Waals surface area (Å²) >= 11 is 8.70. The Labute approximate surface area is 60.0 Å². The van der Waals surface area contributed by atoms with E-state index in [0.29, 0.717) is 0 Å². The van der Waals surface area contributed by atoms with Crippen molar-refractivity contribution >= 4 is 38.0 Å². The summed E-state index contributed by atoms with van der Waals surface area (Å²) in [6, 6.07) is 0. The monoisotopic (exact) mass is 202 g/mol. The van der Waals surface area contributed by atoms with Crippen molar-refractivity contribution in [1.29, 1.82) is 0 Å². The SMILES string of the molecule is CC(O[SiH3])C(Cl)Br. The van der Waals surface area contributed by atoms with Crippen LogP contribution in [-0.4, -0.2) is 20.9 Å². The van der Waals surface area contributed by atoms with Crippen molar-refractivity contribution in [1.82, 2.24) is 0 Å². The molecule has 0 rings (SSSR count). The van der Waals surface area contributed by atoms with Crippen LogP contribution >= 0.6 is 27.5 Å². The molecule has 0 spiro atoms. The molecule has 0 aliphatic carbocycles. The fraction of sp³-hybridized carbons (Fsp3) is 1.00. The van der Waals surface area contributed by atoms with Crippen LogP contribution in [0.3, 0.4) is 0 Å². The molecule has 2 atom stereocenters. The van der Waals surface area contributed by atoms with Crippen molar-refractivity contribution in [3.8, 4) is 0 Å². The molecule has 0 aliphatic rings. The molecular formula is C3H8BrClOSi. The fourth-order valence-electron chi connectivity index (χ4n) is 0.103. The van der Waals surface area contributed by atoms with Gasteiger partial charge in [0.15, 0.2) is 0 Å². The molecule has 0 bridgehead atoms. The zero-order valence-electron chi connectivity index (χ0n) is 4.32. The number of hydrogen-bond acceptors (Lipinski definition) is 1. The van der Waals surface area contributed by atoms with Crippen molar-refractivity contribution in [2.45, 2.75) is 17.3 Å². The second kappa shape index (κ2) is 3.89. The highest BCUT2D eigenvalue weighted by Gasteiger charge is 2.06. The fourth-order valence-corrected chi connectivity index (χ4v) is 1.26. The highest BCUT2D eigenvalue weighted by atomic mass is 79.9. The molecule has 0 heterocycles. The van der Waals surface area contributed by atoms with Gasteiger partial charge in [-0.05, 0) is 6.92 Å². The standard InChI is InChI=1S/C3H8BrClOSi/c1-2(6-7)3(4)5/h2-3H,1,7H3. The third-order valence-corrected chi connectivity index (χ3v) is 2.57. The Morgan fingerprint density at radius 1 is 1.86 bits per heavy atom. The molecule has 0 N–H and O–H groups in total. The molecule has 0 saturated carbocycles. The minimum Gasteiger partial charge on any atom is -0.423 e. The second-order valence-corrected chi connectivity index (χ2v) is 3.73. The zero-order chi connectivity index (χ0) is 5.86. The lowest BCUT2D eigenvalue weighted by Crippen LogP contribution is -2.13. The Balaban J connectivity index is 3.14. The normalized spacial score (nSPS) is 19.3. The van der Waals surface area contributed by atoms with E-state index in [2.05, 4.69) is 15.9 Å². The lowest BCUT2D eigenvalue weighted by atomic mass is 10.5. The van der Waals surface area contributed by atoms with Gasteiger partial charge >= 0.3 is 0 Å². The third kappa shape index (κ3) is 3.52. The first-order chi connectivity index (χ1) is 3.18. The zero-order valence-corrected chi connectivity index (χ0v) is 8.66. The van der Waals surface area contributed by atoms with Gasteiger partial charge in [0, 0.05) is 0 Å². The van der Waals surface area contributed by atoms with E-state index in [0.717, 1.165) is 10.5 Å². The summed E-state index contributed by atoms with van der Waals surface area (Å²) < 4.78 is 4.93. The Morgan fingerprint density at radius 2 is 2.29 bits per heavy atom. The summed E-state index contributed by atoms with van der Waals surface area (Å²) in [5, 5.41) is 0. The number of rotatable bonds is 2. The molecule has 4 heteroatoms. The molecule has 0 aliphatic heterocycles. The minimum absolute atomic E-state index is 0.0370. The molecule has 2 unspecified atom stereocenters. The van der Waals surface area contributed by atoms with Crippen LogP contribution in [0.4, 0.5) is 0 Å². The lowest BCUT2D eigenvalue weighted by molar-refractivity contribution is 0.263. The van der Waals surface area contributed by atoms with Crippen molar-refractivity contribution in [3.63, 3.8) is 0 Å². The quantitative estimate of drug-likeness (QED) is 0.473. The van der Waals surface area contributed by atoms with E-state index in [9.17, 15) is 0 Å². The molecule has 0 saturated heterocycles. The summed E-state index contributed by atoms with van der Waals surface area (Å²) in [6.07, 6.45) is 0.147.